The summed E-state index contributed by atoms with van der Waals surface area (Å²) in [5, 5.41) is 0. The highest BCUT2D eigenvalue weighted by Crippen LogP contribution is 2.20. The molecule has 7 heteroatoms. The number of benzene rings is 2. The van der Waals surface area contributed by atoms with Crippen molar-refractivity contribution in [2.75, 3.05) is 20.8 Å². The van der Waals surface area contributed by atoms with Crippen LogP contribution >= 0.6 is 0 Å². The zero-order valence-corrected chi connectivity index (χ0v) is 16.9. The van der Waals surface area contributed by atoms with E-state index < -0.39 is 0 Å². The van der Waals surface area contributed by atoms with E-state index in [1.54, 1.807) is 31.2 Å². The van der Waals surface area contributed by atoms with E-state index in [1.165, 1.54) is 6.26 Å². The SMILES string of the molecule is COc1ccc(OCCn2c(CN(C)C(=O)c3ccco3)nc3ccccc32)cc1. The number of para-hydroxylation sites is 2. The van der Waals surface area contributed by atoms with Gasteiger partial charge < -0.3 is 23.4 Å². The lowest BCUT2D eigenvalue weighted by molar-refractivity contribution is 0.0748. The van der Waals surface area contributed by atoms with E-state index in [9.17, 15) is 4.79 Å². The number of aromatic nitrogens is 2. The van der Waals surface area contributed by atoms with Gasteiger partial charge in [-0.25, -0.2) is 4.98 Å². The first-order valence-electron chi connectivity index (χ1n) is 9.65. The van der Waals surface area contributed by atoms with Crippen LogP contribution in [0.4, 0.5) is 0 Å². The first-order valence-corrected chi connectivity index (χ1v) is 9.65. The van der Waals surface area contributed by atoms with E-state index in [2.05, 4.69) is 4.57 Å². The molecular formula is C23H23N3O4. The van der Waals surface area contributed by atoms with Gasteiger partial charge in [0, 0.05) is 7.05 Å². The van der Waals surface area contributed by atoms with Crippen LogP contribution in [0.3, 0.4) is 0 Å². The number of ether oxygens (including phenoxy) is 2. The molecule has 0 N–H and O–H groups in total. The monoisotopic (exact) mass is 405 g/mol. The van der Waals surface area contributed by atoms with Crippen LogP contribution in [0, 0.1) is 0 Å². The van der Waals surface area contributed by atoms with E-state index in [0.717, 1.165) is 28.4 Å². The molecule has 0 spiro atoms. The van der Waals surface area contributed by atoms with Crippen LogP contribution in [0.15, 0.2) is 71.3 Å². The molecule has 2 aromatic heterocycles. The molecule has 0 unspecified atom stereocenters. The maximum atomic E-state index is 12.5. The van der Waals surface area contributed by atoms with Gasteiger partial charge >= 0.3 is 0 Å². The van der Waals surface area contributed by atoms with Crippen molar-refractivity contribution >= 4 is 16.9 Å². The Kier molecular flexibility index (Phi) is 5.70. The molecule has 2 aromatic carbocycles. The number of methoxy groups -OCH3 is 1. The number of amides is 1. The first kappa shape index (κ1) is 19.6. The second kappa shape index (κ2) is 8.73. The molecule has 0 fully saturated rings. The summed E-state index contributed by atoms with van der Waals surface area (Å²) < 4.78 is 18.4. The second-order valence-electron chi connectivity index (χ2n) is 6.83. The predicted molar refractivity (Wildman–Crippen MR) is 113 cm³/mol. The molecular weight excluding hydrogens is 382 g/mol. The van der Waals surface area contributed by atoms with Crippen LogP contribution < -0.4 is 9.47 Å². The number of hydrogen-bond donors (Lipinski definition) is 0. The lowest BCUT2D eigenvalue weighted by Gasteiger charge is -2.17. The fourth-order valence-electron chi connectivity index (χ4n) is 3.29. The van der Waals surface area contributed by atoms with Crippen molar-refractivity contribution in [1.82, 2.24) is 14.5 Å². The third-order valence-corrected chi connectivity index (χ3v) is 4.83. The topological polar surface area (TPSA) is 69.7 Å². The molecule has 4 aromatic rings. The van der Waals surface area contributed by atoms with Crippen molar-refractivity contribution in [2.24, 2.45) is 0 Å². The largest absolute Gasteiger partial charge is 0.497 e. The molecule has 1 amide bonds. The van der Waals surface area contributed by atoms with Gasteiger partial charge in [0.15, 0.2) is 5.76 Å². The molecule has 0 aliphatic heterocycles. The van der Waals surface area contributed by atoms with Crippen LogP contribution in [-0.4, -0.2) is 41.1 Å². The minimum Gasteiger partial charge on any atom is -0.497 e. The number of hydrogen-bond acceptors (Lipinski definition) is 5. The maximum Gasteiger partial charge on any atom is 0.289 e. The Labute approximate surface area is 174 Å². The Hall–Kier alpha value is -3.74. The average molecular weight is 405 g/mol. The maximum absolute atomic E-state index is 12.5. The normalized spacial score (nSPS) is 10.9. The van der Waals surface area contributed by atoms with Crippen molar-refractivity contribution in [3.63, 3.8) is 0 Å². The molecule has 4 rings (SSSR count). The smallest absolute Gasteiger partial charge is 0.289 e. The number of furan rings is 1. The van der Waals surface area contributed by atoms with E-state index in [4.69, 9.17) is 18.9 Å². The molecule has 0 saturated heterocycles. The lowest BCUT2D eigenvalue weighted by Crippen LogP contribution is -2.27. The summed E-state index contributed by atoms with van der Waals surface area (Å²) in [6, 6.07) is 18.8. The minimum atomic E-state index is -0.187. The second-order valence-corrected chi connectivity index (χ2v) is 6.83. The van der Waals surface area contributed by atoms with Crippen LogP contribution in [0.1, 0.15) is 16.4 Å². The van der Waals surface area contributed by atoms with E-state index in [0.29, 0.717) is 25.5 Å². The molecule has 0 aliphatic carbocycles. The van der Waals surface area contributed by atoms with Crippen molar-refractivity contribution < 1.29 is 18.7 Å². The Bertz CT molecular complexity index is 1120. The standard InChI is InChI=1S/C23H23N3O4/c1-25(23(27)21-8-5-14-30-21)16-22-24-19-6-3-4-7-20(19)26(22)13-15-29-18-11-9-17(28-2)10-12-18/h3-12,14H,13,15-16H2,1-2H3. The summed E-state index contributed by atoms with van der Waals surface area (Å²) in [4.78, 5) is 18.9. The van der Waals surface area contributed by atoms with Gasteiger partial charge in [-0.3, -0.25) is 4.79 Å². The van der Waals surface area contributed by atoms with Crippen molar-refractivity contribution in [1.29, 1.82) is 0 Å². The van der Waals surface area contributed by atoms with Crippen molar-refractivity contribution in [3.05, 3.63) is 78.5 Å². The van der Waals surface area contributed by atoms with E-state index in [-0.39, 0.29) is 5.91 Å². The van der Waals surface area contributed by atoms with Gasteiger partial charge in [0.2, 0.25) is 0 Å². The minimum absolute atomic E-state index is 0.187. The Morgan fingerprint density at radius 1 is 1.07 bits per heavy atom. The summed E-state index contributed by atoms with van der Waals surface area (Å²) in [5.41, 5.74) is 1.89. The summed E-state index contributed by atoms with van der Waals surface area (Å²) >= 11 is 0. The van der Waals surface area contributed by atoms with E-state index >= 15 is 0 Å². The highest BCUT2D eigenvalue weighted by molar-refractivity contribution is 5.91. The third-order valence-electron chi connectivity index (χ3n) is 4.83. The quantitative estimate of drug-likeness (QED) is 0.443. The lowest BCUT2D eigenvalue weighted by atomic mass is 10.3. The van der Waals surface area contributed by atoms with Crippen LogP contribution in [0.2, 0.25) is 0 Å². The fourth-order valence-corrected chi connectivity index (χ4v) is 3.29. The van der Waals surface area contributed by atoms with Crippen molar-refractivity contribution in [3.8, 4) is 11.5 Å². The van der Waals surface area contributed by atoms with Gasteiger partial charge in [-0.2, -0.15) is 0 Å². The van der Waals surface area contributed by atoms with Crippen molar-refractivity contribution in [2.45, 2.75) is 13.1 Å². The van der Waals surface area contributed by atoms with Gasteiger partial charge in [0.25, 0.3) is 5.91 Å². The molecule has 0 radical (unpaired) electrons. The van der Waals surface area contributed by atoms with Gasteiger partial charge in [0.05, 0.1) is 37.5 Å². The zero-order valence-electron chi connectivity index (χ0n) is 16.9. The predicted octanol–water partition coefficient (Wildman–Crippen LogP) is 3.99. The van der Waals surface area contributed by atoms with Gasteiger partial charge in [0.1, 0.15) is 23.9 Å². The molecule has 0 aliphatic rings. The third kappa shape index (κ3) is 4.15. The summed E-state index contributed by atoms with van der Waals surface area (Å²) in [7, 11) is 3.37. The number of carbonyl (C=O) groups excluding carboxylic acids is 1. The van der Waals surface area contributed by atoms with Gasteiger partial charge in [-0.05, 0) is 48.5 Å². The molecule has 0 atom stereocenters. The number of nitrogens with zero attached hydrogens (tertiary/aromatic N) is 3. The summed E-state index contributed by atoms with van der Waals surface area (Å²) in [6.07, 6.45) is 1.49. The molecule has 154 valence electrons. The number of imidazole rings is 1. The number of fused-ring (bicyclic) bond motifs is 1. The Balaban J connectivity index is 1.50. The first-order chi connectivity index (χ1) is 14.7. The van der Waals surface area contributed by atoms with Crippen LogP contribution in [-0.2, 0) is 13.1 Å². The summed E-state index contributed by atoms with van der Waals surface area (Å²) in [6.45, 7) is 1.43. The highest BCUT2D eigenvalue weighted by atomic mass is 16.5. The van der Waals surface area contributed by atoms with Gasteiger partial charge in [-0.1, -0.05) is 12.1 Å². The van der Waals surface area contributed by atoms with Crippen LogP contribution in [0.5, 0.6) is 11.5 Å². The fraction of sp³-hybridized carbons (Fsp3) is 0.217. The molecule has 0 saturated carbocycles. The molecule has 2 heterocycles. The van der Waals surface area contributed by atoms with Gasteiger partial charge in [-0.15, -0.1) is 0 Å². The Morgan fingerprint density at radius 2 is 1.83 bits per heavy atom. The molecule has 0 bridgehead atoms. The average Bonchev–Trinajstić information content (AvgIpc) is 3.42. The molecule has 30 heavy (non-hydrogen) atoms. The zero-order chi connectivity index (χ0) is 20.9. The number of carbonyl (C=O) groups is 1. The number of rotatable bonds is 8. The Morgan fingerprint density at radius 3 is 2.57 bits per heavy atom. The van der Waals surface area contributed by atoms with E-state index in [1.807, 2.05) is 48.5 Å². The highest BCUT2D eigenvalue weighted by Gasteiger charge is 2.18. The van der Waals surface area contributed by atoms with Crippen LogP contribution in [0.25, 0.3) is 11.0 Å². The summed E-state index contributed by atoms with van der Waals surface area (Å²) in [5.74, 6) is 2.47. The molecule has 7 nitrogen and oxygen atoms in total.